The second-order valence-corrected chi connectivity index (χ2v) is 4.57. The topological polar surface area (TPSA) is 62.3 Å². The Morgan fingerprint density at radius 1 is 1.21 bits per heavy atom. The Balaban J connectivity index is 2.76. The Hall–Kier alpha value is -1.88. The number of rotatable bonds is 3. The van der Waals surface area contributed by atoms with Gasteiger partial charge in [-0.2, -0.15) is 5.10 Å². The van der Waals surface area contributed by atoms with Gasteiger partial charge in [-0.1, -0.05) is 11.6 Å². The van der Waals surface area contributed by atoms with Crippen LogP contribution in [0.5, 0.6) is 11.5 Å². The average molecular weight is 282 g/mol. The number of aryl methyl sites for hydroxylation is 1. The van der Waals surface area contributed by atoms with E-state index in [1.54, 1.807) is 32.1 Å². The molecule has 5 nitrogen and oxygen atoms in total. The molecular formula is C13H16ClN3O2. The van der Waals surface area contributed by atoms with Gasteiger partial charge in [-0.25, -0.2) is 0 Å². The Bertz CT molecular complexity index is 623. The zero-order valence-electron chi connectivity index (χ0n) is 11.3. The summed E-state index contributed by atoms with van der Waals surface area (Å²) in [5.41, 5.74) is 8.35. The maximum Gasteiger partial charge on any atom is 0.169 e. The van der Waals surface area contributed by atoms with Gasteiger partial charge in [0, 0.05) is 28.8 Å². The van der Waals surface area contributed by atoms with Gasteiger partial charge in [-0.05, 0) is 13.0 Å². The molecule has 2 N–H and O–H groups in total. The van der Waals surface area contributed by atoms with Gasteiger partial charge in [0.15, 0.2) is 11.5 Å². The van der Waals surface area contributed by atoms with Crippen molar-refractivity contribution in [3.63, 3.8) is 0 Å². The monoisotopic (exact) mass is 281 g/mol. The summed E-state index contributed by atoms with van der Waals surface area (Å²) >= 11 is 6.23. The summed E-state index contributed by atoms with van der Waals surface area (Å²) < 4.78 is 12.4. The standard InChI is InChI=1S/C13H16ClN3O2/c1-7-10(14)5-8(12(19-4)11(7)18-3)9-6-16-17(2)13(9)15/h5-6H,15H2,1-4H3. The number of ether oxygens (including phenoxy) is 2. The van der Waals surface area contributed by atoms with E-state index in [-0.39, 0.29) is 0 Å². The predicted molar refractivity (Wildman–Crippen MR) is 75.9 cm³/mol. The lowest BCUT2D eigenvalue weighted by molar-refractivity contribution is 0.354. The molecule has 0 amide bonds. The third-order valence-electron chi connectivity index (χ3n) is 3.10. The second-order valence-electron chi connectivity index (χ2n) is 4.16. The first kappa shape index (κ1) is 13.5. The Morgan fingerprint density at radius 2 is 1.84 bits per heavy atom. The van der Waals surface area contributed by atoms with Crippen LogP contribution in [-0.2, 0) is 7.05 Å². The minimum absolute atomic E-state index is 0.542. The number of aromatic nitrogens is 2. The lowest BCUT2D eigenvalue weighted by Crippen LogP contribution is -2.00. The SMILES string of the molecule is COc1c(-c2cnn(C)c2N)cc(Cl)c(C)c1OC. The second kappa shape index (κ2) is 5.01. The third-order valence-corrected chi connectivity index (χ3v) is 3.50. The maximum absolute atomic E-state index is 6.23. The highest BCUT2D eigenvalue weighted by molar-refractivity contribution is 6.32. The van der Waals surface area contributed by atoms with E-state index in [9.17, 15) is 0 Å². The number of nitrogens with two attached hydrogens (primary N) is 1. The van der Waals surface area contributed by atoms with Crippen molar-refractivity contribution in [2.75, 3.05) is 20.0 Å². The van der Waals surface area contributed by atoms with Gasteiger partial charge < -0.3 is 15.2 Å². The molecule has 2 rings (SSSR count). The fourth-order valence-corrected chi connectivity index (χ4v) is 2.20. The van der Waals surface area contributed by atoms with E-state index in [4.69, 9.17) is 26.8 Å². The van der Waals surface area contributed by atoms with Crippen molar-refractivity contribution in [3.8, 4) is 22.6 Å². The Kier molecular flexibility index (Phi) is 3.57. The fraction of sp³-hybridized carbons (Fsp3) is 0.308. The average Bonchev–Trinajstić information content (AvgIpc) is 2.72. The Labute approximate surface area is 116 Å². The maximum atomic E-state index is 6.23. The van der Waals surface area contributed by atoms with Gasteiger partial charge in [-0.3, -0.25) is 4.68 Å². The Morgan fingerprint density at radius 3 is 2.32 bits per heavy atom. The van der Waals surface area contributed by atoms with Crippen molar-refractivity contribution >= 4 is 17.4 Å². The molecule has 6 heteroatoms. The molecule has 0 saturated carbocycles. The van der Waals surface area contributed by atoms with Crippen LogP contribution in [0, 0.1) is 6.92 Å². The van der Waals surface area contributed by atoms with Crippen molar-refractivity contribution in [2.45, 2.75) is 6.92 Å². The van der Waals surface area contributed by atoms with Crippen LogP contribution in [0.2, 0.25) is 5.02 Å². The number of nitrogen functional groups attached to an aromatic ring is 1. The molecule has 0 aliphatic carbocycles. The van der Waals surface area contributed by atoms with Gasteiger partial charge in [0.2, 0.25) is 0 Å². The van der Waals surface area contributed by atoms with E-state index >= 15 is 0 Å². The van der Waals surface area contributed by atoms with Gasteiger partial charge in [0.1, 0.15) is 5.82 Å². The van der Waals surface area contributed by atoms with E-state index in [1.165, 1.54) is 0 Å². The molecule has 1 heterocycles. The number of benzene rings is 1. The number of nitrogens with zero attached hydrogens (tertiary/aromatic N) is 2. The highest BCUT2D eigenvalue weighted by Gasteiger charge is 2.20. The number of halogens is 1. The van der Waals surface area contributed by atoms with E-state index in [0.717, 1.165) is 16.7 Å². The summed E-state index contributed by atoms with van der Waals surface area (Å²) in [5.74, 6) is 1.75. The van der Waals surface area contributed by atoms with Crippen molar-refractivity contribution < 1.29 is 9.47 Å². The molecule has 1 aromatic heterocycles. The molecule has 0 aliphatic heterocycles. The summed E-state index contributed by atoms with van der Waals surface area (Å²) in [6, 6.07) is 1.81. The van der Waals surface area contributed by atoms with Crippen LogP contribution in [0.15, 0.2) is 12.3 Å². The van der Waals surface area contributed by atoms with Crippen LogP contribution >= 0.6 is 11.6 Å². The molecule has 0 saturated heterocycles. The molecule has 0 radical (unpaired) electrons. The van der Waals surface area contributed by atoms with Crippen LogP contribution in [-0.4, -0.2) is 24.0 Å². The van der Waals surface area contributed by atoms with Crippen LogP contribution in [0.3, 0.4) is 0 Å². The summed E-state index contributed by atoms with van der Waals surface area (Å²) in [4.78, 5) is 0. The van der Waals surface area contributed by atoms with Crippen LogP contribution in [0.4, 0.5) is 5.82 Å². The minimum Gasteiger partial charge on any atom is -0.493 e. The molecule has 19 heavy (non-hydrogen) atoms. The fourth-order valence-electron chi connectivity index (χ4n) is 2.00. The molecule has 0 fully saturated rings. The summed E-state index contributed by atoms with van der Waals surface area (Å²) in [7, 11) is 4.94. The summed E-state index contributed by atoms with van der Waals surface area (Å²) in [5, 5.41) is 4.72. The van der Waals surface area contributed by atoms with Crippen molar-refractivity contribution in [3.05, 3.63) is 22.8 Å². The molecular weight excluding hydrogens is 266 g/mol. The predicted octanol–water partition coefficient (Wildman–Crippen LogP) is 2.65. The molecule has 1 aromatic carbocycles. The zero-order valence-corrected chi connectivity index (χ0v) is 12.1. The minimum atomic E-state index is 0.542. The van der Waals surface area contributed by atoms with Crippen molar-refractivity contribution in [1.29, 1.82) is 0 Å². The van der Waals surface area contributed by atoms with Gasteiger partial charge in [-0.15, -0.1) is 0 Å². The zero-order chi connectivity index (χ0) is 14.2. The van der Waals surface area contributed by atoms with Crippen LogP contribution in [0.1, 0.15) is 5.56 Å². The lowest BCUT2D eigenvalue weighted by atomic mass is 10.0. The smallest absolute Gasteiger partial charge is 0.169 e. The number of methoxy groups -OCH3 is 2. The molecule has 0 atom stereocenters. The van der Waals surface area contributed by atoms with Crippen LogP contribution < -0.4 is 15.2 Å². The van der Waals surface area contributed by atoms with E-state index in [0.29, 0.717) is 22.3 Å². The highest BCUT2D eigenvalue weighted by atomic mass is 35.5. The first-order valence-electron chi connectivity index (χ1n) is 5.70. The summed E-state index contributed by atoms with van der Waals surface area (Å²) in [6.45, 7) is 1.88. The number of anilines is 1. The third kappa shape index (κ3) is 2.10. The normalized spacial score (nSPS) is 10.6. The lowest BCUT2D eigenvalue weighted by Gasteiger charge is -2.16. The first-order valence-corrected chi connectivity index (χ1v) is 6.08. The molecule has 2 aromatic rings. The molecule has 0 spiro atoms. The van der Waals surface area contributed by atoms with Gasteiger partial charge in [0.25, 0.3) is 0 Å². The molecule has 0 unspecified atom stereocenters. The highest BCUT2D eigenvalue weighted by Crippen LogP contribution is 2.44. The number of hydrogen-bond donors (Lipinski definition) is 1. The molecule has 102 valence electrons. The quantitative estimate of drug-likeness (QED) is 0.939. The van der Waals surface area contributed by atoms with Crippen molar-refractivity contribution in [2.24, 2.45) is 7.05 Å². The van der Waals surface area contributed by atoms with Gasteiger partial charge in [0.05, 0.1) is 20.4 Å². The van der Waals surface area contributed by atoms with E-state index < -0.39 is 0 Å². The van der Waals surface area contributed by atoms with Crippen molar-refractivity contribution in [1.82, 2.24) is 9.78 Å². The van der Waals surface area contributed by atoms with E-state index in [1.807, 2.05) is 13.0 Å². The van der Waals surface area contributed by atoms with Gasteiger partial charge >= 0.3 is 0 Å². The number of hydrogen-bond acceptors (Lipinski definition) is 4. The summed E-state index contributed by atoms with van der Waals surface area (Å²) in [6.07, 6.45) is 1.68. The van der Waals surface area contributed by atoms with Crippen LogP contribution in [0.25, 0.3) is 11.1 Å². The molecule has 0 aliphatic rings. The van der Waals surface area contributed by atoms with E-state index in [2.05, 4.69) is 5.10 Å². The largest absolute Gasteiger partial charge is 0.493 e. The molecule has 0 bridgehead atoms. The first-order chi connectivity index (χ1) is 9.01.